The van der Waals surface area contributed by atoms with Crippen LogP contribution in [0.2, 0.25) is 0 Å². The van der Waals surface area contributed by atoms with Crippen molar-refractivity contribution in [2.24, 2.45) is 0 Å². The first-order valence-corrected chi connectivity index (χ1v) is 7.96. The van der Waals surface area contributed by atoms with E-state index in [0.29, 0.717) is 5.75 Å². The maximum Gasteiger partial charge on any atom is 0.307 e. The smallest absolute Gasteiger partial charge is 0.307 e. The molecule has 0 amide bonds. The van der Waals surface area contributed by atoms with Gasteiger partial charge in [0.15, 0.2) is 0 Å². The quantitative estimate of drug-likeness (QED) is 0.926. The molecule has 2 aromatic carbocycles. The van der Waals surface area contributed by atoms with Gasteiger partial charge < -0.3 is 5.11 Å². The third-order valence-corrected chi connectivity index (χ3v) is 4.92. The Hall–Kier alpha value is -2.20. The summed E-state index contributed by atoms with van der Waals surface area (Å²) in [5.74, 6) is -0.416. The maximum absolute atomic E-state index is 12.5. The Bertz CT molecular complexity index is 762. The number of hydrogen-bond donors (Lipinski definition) is 1. The predicted molar refractivity (Wildman–Crippen MR) is 82.3 cm³/mol. The fourth-order valence-corrected chi connectivity index (χ4v) is 3.91. The fraction of sp³-hybridized carbons (Fsp3) is 0.118. The van der Waals surface area contributed by atoms with Gasteiger partial charge in [0, 0.05) is 4.90 Å². The molecule has 0 saturated carbocycles. The Labute approximate surface area is 125 Å². The molecular formula is C17H14O3S. The number of fused-ring (bicyclic) bond motifs is 2. The van der Waals surface area contributed by atoms with Crippen LogP contribution in [0.5, 0.6) is 0 Å². The lowest BCUT2D eigenvalue weighted by molar-refractivity contribution is -0.135. The van der Waals surface area contributed by atoms with E-state index in [-0.39, 0.29) is 6.42 Å². The predicted octanol–water partition coefficient (Wildman–Crippen LogP) is 3.21. The largest absolute Gasteiger partial charge is 0.481 e. The number of aliphatic carboxylic acids is 1. The molecule has 0 fully saturated rings. The third kappa shape index (κ3) is 2.67. The first-order valence-electron chi connectivity index (χ1n) is 6.65. The van der Waals surface area contributed by atoms with Crippen molar-refractivity contribution in [1.82, 2.24) is 0 Å². The minimum atomic E-state index is -1.12. The topological polar surface area (TPSA) is 54.4 Å². The molecule has 0 saturated heterocycles. The van der Waals surface area contributed by atoms with Crippen molar-refractivity contribution in [2.45, 2.75) is 17.1 Å². The number of carboxylic acids is 1. The molecule has 3 rings (SSSR count). The van der Waals surface area contributed by atoms with Crippen LogP contribution in [-0.2, 0) is 21.3 Å². The van der Waals surface area contributed by atoms with E-state index in [4.69, 9.17) is 5.11 Å². The molecule has 1 atom stereocenters. The number of carbonyl (C=O) groups is 1. The van der Waals surface area contributed by atoms with E-state index in [1.165, 1.54) is 0 Å². The molecule has 1 aliphatic rings. The number of carboxylic acid groups (broad SMARTS) is 1. The highest BCUT2D eigenvalue weighted by Crippen LogP contribution is 2.35. The van der Waals surface area contributed by atoms with Gasteiger partial charge in [0.2, 0.25) is 0 Å². The van der Waals surface area contributed by atoms with Crippen LogP contribution in [0.15, 0.2) is 59.5 Å². The van der Waals surface area contributed by atoms with Crippen LogP contribution in [0.3, 0.4) is 0 Å². The molecular weight excluding hydrogens is 284 g/mol. The molecule has 3 nitrogen and oxygen atoms in total. The zero-order valence-corrected chi connectivity index (χ0v) is 12.1. The van der Waals surface area contributed by atoms with Crippen LogP contribution in [-0.4, -0.2) is 15.3 Å². The minimum Gasteiger partial charge on any atom is -0.481 e. The van der Waals surface area contributed by atoms with E-state index in [0.717, 1.165) is 27.2 Å². The van der Waals surface area contributed by atoms with Crippen LogP contribution >= 0.6 is 0 Å². The molecule has 1 N–H and O–H groups in total. The second-order valence-corrected chi connectivity index (χ2v) is 6.28. The Morgan fingerprint density at radius 1 is 1.10 bits per heavy atom. The molecule has 1 heterocycles. The van der Waals surface area contributed by atoms with Crippen LogP contribution < -0.4 is 0 Å². The molecule has 0 aromatic heterocycles. The summed E-state index contributed by atoms with van der Waals surface area (Å²) >= 11 is 0. The molecule has 4 heteroatoms. The van der Waals surface area contributed by atoms with Crippen LogP contribution in [0.1, 0.15) is 23.1 Å². The average Bonchev–Trinajstić information content (AvgIpc) is 2.60. The van der Waals surface area contributed by atoms with Gasteiger partial charge in [0.25, 0.3) is 0 Å². The van der Waals surface area contributed by atoms with Crippen LogP contribution in [0.4, 0.5) is 0 Å². The van der Waals surface area contributed by atoms with Crippen molar-refractivity contribution in [2.75, 3.05) is 0 Å². The summed E-state index contributed by atoms with van der Waals surface area (Å²) in [4.78, 5) is 11.7. The SMILES string of the molecule is O=C(O)CC=C1c2ccccc2CS(=O)c2ccccc21. The summed E-state index contributed by atoms with van der Waals surface area (Å²) < 4.78 is 12.5. The highest BCUT2D eigenvalue weighted by molar-refractivity contribution is 7.84. The number of rotatable bonds is 2. The lowest BCUT2D eigenvalue weighted by atomic mass is 9.93. The fourth-order valence-electron chi connectivity index (χ4n) is 2.57. The van der Waals surface area contributed by atoms with Gasteiger partial charge in [-0.1, -0.05) is 48.5 Å². The summed E-state index contributed by atoms with van der Waals surface area (Å²) in [6.07, 6.45) is 1.66. The Balaban J connectivity index is 2.26. The molecule has 1 unspecified atom stereocenters. The first-order chi connectivity index (χ1) is 10.2. The Kier molecular flexibility index (Phi) is 3.71. The van der Waals surface area contributed by atoms with Crippen molar-refractivity contribution in [3.05, 3.63) is 71.3 Å². The Morgan fingerprint density at radius 2 is 1.76 bits per heavy atom. The van der Waals surface area contributed by atoms with Gasteiger partial charge in [0.1, 0.15) is 0 Å². The van der Waals surface area contributed by atoms with Crippen molar-refractivity contribution in [3.63, 3.8) is 0 Å². The molecule has 2 aromatic rings. The standard InChI is InChI=1S/C17H14O3S/c18-17(19)10-9-14-13-6-2-1-5-12(13)11-21(20)16-8-4-3-7-15(14)16/h1-9H,10-11H2,(H,18,19). The van der Waals surface area contributed by atoms with E-state index in [2.05, 4.69) is 0 Å². The molecule has 1 aliphatic heterocycles. The van der Waals surface area contributed by atoms with Crippen molar-refractivity contribution in [3.8, 4) is 0 Å². The van der Waals surface area contributed by atoms with E-state index in [1.54, 1.807) is 6.08 Å². The summed E-state index contributed by atoms with van der Waals surface area (Å²) in [6, 6.07) is 15.3. The molecule has 106 valence electrons. The van der Waals surface area contributed by atoms with E-state index >= 15 is 0 Å². The summed E-state index contributed by atoms with van der Waals surface area (Å²) in [6.45, 7) is 0. The van der Waals surface area contributed by atoms with Crippen molar-refractivity contribution >= 4 is 22.3 Å². The van der Waals surface area contributed by atoms with Crippen LogP contribution in [0, 0.1) is 0 Å². The van der Waals surface area contributed by atoms with Gasteiger partial charge in [-0.3, -0.25) is 9.00 Å². The maximum atomic E-state index is 12.5. The highest BCUT2D eigenvalue weighted by atomic mass is 32.2. The summed E-state index contributed by atoms with van der Waals surface area (Å²) in [7, 11) is -1.12. The molecule has 0 spiro atoms. The summed E-state index contributed by atoms with van der Waals surface area (Å²) in [5, 5.41) is 8.96. The molecule has 0 radical (unpaired) electrons. The number of benzene rings is 2. The van der Waals surface area contributed by atoms with E-state index in [9.17, 15) is 9.00 Å². The second-order valence-electron chi connectivity index (χ2n) is 4.86. The van der Waals surface area contributed by atoms with Crippen molar-refractivity contribution in [1.29, 1.82) is 0 Å². The highest BCUT2D eigenvalue weighted by Gasteiger charge is 2.21. The number of hydrogen-bond acceptors (Lipinski definition) is 2. The zero-order valence-electron chi connectivity index (χ0n) is 11.3. The van der Waals surface area contributed by atoms with Gasteiger partial charge in [-0.2, -0.15) is 0 Å². The first kappa shape index (κ1) is 13.8. The van der Waals surface area contributed by atoms with E-state index in [1.807, 2.05) is 48.5 Å². The van der Waals surface area contributed by atoms with Gasteiger partial charge >= 0.3 is 5.97 Å². The lowest BCUT2D eigenvalue weighted by Gasteiger charge is -2.10. The van der Waals surface area contributed by atoms with Gasteiger partial charge in [-0.05, 0) is 28.3 Å². The van der Waals surface area contributed by atoms with Gasteiger partial charge in [0.05, 0.1) is 23.0 Å². The molecule has 21 heavy (non-hydrogen) atoms. The average molecular weight is 298 g/mol. The van der Waals surface area contributed by atoms with E-state index < -0.39 is 16.8 Å². The zero-order chi connectivity index (χ0) is 14.8. The summed E-state index contributed by atoms with van der Waals surface area (Å²) in [5.41, 5.74) is 3.68. The van der Waals surface area contributed by atoms with Gasteiger partial charge in [-0.15, -0.1) is 0 Å². The molecule has 0 aliphatic carbocycles. The minimum absolute atomic E-state index is 0.0510. The van der Waals surface area contributed by atoms with Gasteiger partial charge in [-0.25, -0.2) is 0 Å². The normalized spacial score (nSPS) is 18.7. The molecule has 0 bridgehead atoms. The lowest BCUT2D eigenvalue weighted by Crippen LogP contribution is -1.96. The third-order valence-electron chi connectivity index (χ3n) is 3.50. The second kappa shape index (κ2) is 5.66. The monoisotopic (exact) mass is 298 g/mol. The Morgan fingerprint density at radius 3 is 2.52 bits per heavy atom. The van der Waals surface area contributed by atoms with Crippen molar-refractivity contribution < 1.29 is 14.1 Å². The van der Waals surface area contributed by atoms with Crippen LogP contribution in [0.25, 0.3) is 5.57 Å².